The van der Waals surface area contributed by atoms with E-state index in [2.05, 4.69) is 10.6 Å². The van der Waals surface area contributed by atoms with Crippen LogP contribution in [0.25, 0.3) is 0 Å². The number of hydrogen-bond donors (Lipinski definition) is 2. The molecule has 1 rings (SSSR count). The fraction of sp³-hybridized carbons (Fsp3) is 0.429. The molecule has 0 fully saturated rings. The maximum absolute atomic E-state index is 11.7. The Hall–Kier alpha value is -1.49. The van der Waals surface area contributed by atoms with E-state index in [9.17, 15) is 9.59 Å². The molecule has 0 radical (unpaired) electrons. The van der Waals surface area contributed by atoms with E-state index in [0.29, 0.717) is 12.3 Å². The molecule has 0 aliphatic carbocycles. The first-order valence-electron chi connectivity index (χ1n) is 6.30. The first-order chi connectivity index (χ1) is 9.04. The van der Waals surface area contributed by atoms with Gasteiger partial charge in [-0.2, -0.15) is 0 Å². The van der Waals surface area contributed by atoms with Gasteiger partial charge in [-0.05, 0) is 32.4 Å². The number of benzene rings is 1. The normalized spacial score (nSPS) is 11.7. The SMILES string of the molecule is CCNC(=O)[C@@H](C)NC(=O)CSc1ccccc1C. The average molecular weight is 280 g/mol. The lowest BCUT2D eigenvalue weighted by molar-refractivity contribution is -0.127. The van der Waals surface area contributed by atoms with E-state index >= 15 is 0 Å². The minimum atomic E-state index is -0.495. The predicted molar refractivity (Wildman–Crippen MR) is 78.2 cm³/mol. The lowest BCUT2D eigenvalue weighted by atomic mass is 10.2. The van der Waals surface area contributed by atoms with Gasteiger partial charge < -0.3 is 10.6 Å². The Kier molecular flexibility index (Phi) is 6.42. The van der Waals surface area contributed by atoms with Gasteiger partial charge in [-0.15, -0.1) is 11.8 Å². The van der Waals surface area contributed by atoms with E-state index in [0.717, 1.165) is 10.5 Å². The average Bonchev–Trinajstić information content (AvgIpc) is 2.38. The number of amides is 2. The van der Waals surface area contributed by atoms with Crippen molar-refractivity contribution in [2.24, 2.45) is 0 Å². The van der Waals surface area contributed by atoms with E-state index in [1.807, 2.05) is 38.1 Å². The van der Waals surface area contributed by atoms with Crippen LogP contribution >= 0.6 is 11.8 Å². The predicted octanol–water partition coefficient (Wildman–Crippen LogP) is 1.73. The molecule has 1 atom stereocenters. The molecular formula is C14H20N2O2S. The Balaban J connectivity index is 2.40. The zero-order valence-corrected chi connectivity index (χ0v) is 12.3. The number of hydrogen-bond acceptors (Lipinski definition) is 3. The highest BCUT2D eigenvalue weighted by atomic mass is 32.2. The Labute approximate surface area is 118 Å². The number of rotatable bonds is 6. The van der Waals surface area contributed by atoms with Gasteiger partial charge in [-0.3, -0.25) is 9.59 Å². The van der Waals surface area contributed by atoms with Crippen molar-refractivity contribution in [3.8, 4) is 0 Å². The quantitative estimate of drug-likeness (QED) is 0.780. The molecule has 0 saturated heterocycles. The van der Waals surface area contributed by atoms with E-state index in [-0.39, 0.29) is 11.8 Å². The monoisotopic (exact) mass is 280 g/mol. The maximum Gasteiger partial charge on any atom is 0.242 e. The van der Waals surface area contributed by atoms with Crippen LogP contribution in [0, 0.1) is 6.92 Å². The van der Waals surface area contributed by atoms with Crippen LogP contribution in [-0.4, -0.2) is 30.2 Å². The third-order valence-electron chi connectivity index (χ3n) is 2.57. The highest BCUT2D eigenvalue weighted by Gasteiger charge is 2.14. The molecule has 4 nitrogen and oxygen atoms in total. The highest BCUT2D eigenvalue weighted by Crippen LogP contribution is 2.21. The molecule has 0 saturated carbocycles. The Morgan fingerprint density at radius 2 is 2.00 bits per heavy atom. The maximum atomic E-state index is 11.7. The van der Waals surface area contributed by atoms with E-state index in [4.69, 9.17) is 0 Å². The van der Waals surface area contributed by atoms with E-state index < -0.39 is 6.04 Å². The van der Waals surface area contributed by atoms with Gasteiger partial charge in [0, 0.05) is 11.4 Å². The van der Waals surface area contributed by atoms with Gasteiger partial charge in [0.15, 0.2) is 0 Å². The van der Waals surface area contributed by atoms with Gasteiger partial charge in [0.2, 0.25) is 11.8 Å². The number of likely N-dealkylation sites (N-methyl/N-ethyl adjacent to an activating group) is 1. The molecular weight excluding hydrogens is 260 g/mol. The van der Waals surface area contributed by atoms with Gasteiger partial charge in [0.05, 0.1) is 5.75 Å². The first kappa shape index (κ1) is 15.6. The van der Waals surface area contributed by atoms with Crippen molar-refractivity contribution in [2.45, 2.75) is 31.7 Å². The lowest BCUT2D eigenvalue weighted by Gasteiger charge is -2.13. The van der Waals surface area contributed by atoms with Gasteiger partial charge in [0.25, 0.3) is 0 Å². The fourth-order valence-corrected chi connectivity index (χ4v) is 2.38. The van der Waals surface area contributed by atoms with Gasteiger partial charge in [-0.1, -0.05) is 18.2 Å². The van der Waals surface area contributed by atoms with Crippen LogP contribution in [0.1, 0.15) is 19.4 Å². The molecule has 0 bridgehead atoms. The molecule has 0 aliphatic rings. The van der Waals surface area contributed by atoms with Crippen molar-refractivity contribution in [3.63, 3.8) is 0 Å². The largest absolute Gasteiger partial charge is 0.355 e. The molecule has 0 unspecified atom stereocenters. The zero-order valence-electron chi connectivity index (χ0n) is 11.5. The van der Waals surface area contributed by atoms with Crippen LogP contribution in [-0.2, 0) is 9.59 Å². The van der Waals surface area contributed by atoms with Crippen LogP contribution in [0.5, 0.6) is 0 Å². The zero-order chi connectivity index (χ0) is 14.3. The van der Waals surface area contributed by atoms with Crippen LogP contribution in [0.2, 0.25) is 0 Å². The summed E-state index contributed by atoms with van der Waals surface area (Å²) in [5.41, 5.74) is 1.15. The molecule has 19 heavy (non-hydrogen) atoms. The summed E-state index contributed by atoms with van der Waals surface area (Å²) < 4.78 is 0. The number of carbonyl (C=O) groups is 2. The van der Waals surface area contributed by atoms with Crippen molar-refractivity contribution < 1.29 is 9.59 Å². The minimum Gasteiger partial charge on any atom is -0.355 e. The van der Waals surface area contributed by atoms with Crippen LogP contribution in [0.3, 0.4) is 0 Å². The number of aryl methyl sites for hydroxylation is 1. The minimum absolute atomic E-state index is 0.132. The molecule has 0 aliphatic heterocycles. The molecule has 2 N–H and O–H groups in total. The first-order valence-corrected chi connectivity index (χ1v) is 7.28. The molecule has 0 heterocycles. The number of thioether (sulfide) groups is 1. The van der Waals surface area contributed by atoms with Crippen LogP contribution < -0.4 is 10.6 Å². The number of nitrogens with one attached hydrogen (secondary N) is 2. The summed E-state index contributed by atoms with van der Waals surface area (Å²) in [5, 5.41) is 5.36. The number of carbonyl (C=O) groups excluding carboxylic acids is 2. The van der Waals surface area contributed by atoms with Crippen molar-refractivity contribution in [2.75, 3.05) is 12.3 Å². The third kappa shape index (κ3) is 5.34. The summed E-state index contributed by atoms with van der Waals surface area (Å²) in [5.74, 6) is 0.0259. The summed E-state index contributed by atoms with van der Waals surface area (Å²) in [7, 11) is 0. The van der Waals surface area contributed by atoms with Crippen molar-refractivity contribution in [1.29, 1.82) is 0 Å². The second kappa shape index (κ2) is 7.84. The summed E-state index contributed by atoms with van der Waals surface area (Å²) in [6.07, 6.45) is 0. The van der Waals surface area contributed by atoms with Gasteiger partial charge in [-0.25, -0.2) is 0 Å². The molecule has 104 valence electrons. The molecule has 2 amide bonds. The molecule has 1 aromatic rings. The van der Waals surface area contributed by atoms with Gasteiger partial charge >= 0.3 is 0 Å². The molecule has 1 aromatic carbocycles. The van der Waals surface area contributed by atoms with Crippen molar-refractivity contribution >= 4 is 23.6 Å². The Morgan fingerprint density at radius 1 is 1.32 bits per heavy atom. The van der Waals surface area contributed by atoms with Gasteiger partial charge in [0.1, 0.15) is 6.04 Å². The summed E-state index contributed by atoms with van der Waals surface area (Å²) in [6, 6.07) is 7.42. The molecule has 0 spiro atoms. The third-order valence-corrected chi connectivity index (χ3v) is 3.75. The second-order valence-corrected chi connectivity index (χ2v) is 5.26. The van der Waals surface area contributed by atoms with E-state index in [1.54, 1.807) is 6.92 Å². The Bertz CT molecular complexity index is 449. The second-order valence-electron chi connectivity index (χ2n) is 4.24. The van der Waals surface area contributed by atoms with Crippen molar-refractivity contribution in [3.05, 3.63) is 29.8 Å². The Morgan fingerprint density at radius 3 is 2.63 bits per heavy atom. The molecule has 5 heteroatoms. The summed E-state index contributed by atoms with van der Waals surface area (Å²) in [4.78, 5) is 24.3. The topological polar surface area (TPSA) is 58.2 Å². The smallest absolute Gasteiger partial charge is 0.242 e. The summed E-state index contributed by atoms with van der Waals surface area (Å²) >= 11 is 1.48. The van der Waals surface area contributed by atoms with Crippen LogP contribution in [0.4, 0.5) is 0 Å². The lowest BCUT2D eigenvalue weighted by Crippen LogP contribution is -2.45. The van der Waals surface area contributed by atoms with Crippen LogP contribution in [0.15, 0.2) is 29.2 Å². The highest BCUT2D eigenvalue weighted by molar-refractivity contribution is 8.00. The fourth-order valence-electron chi connectivity index (χ4n) is 1.54. The summed E-state index contributed by atoms with van der Waals surface area (Å²) in [6.45, 7) is 6.11. The van der Waals surface area contributed by atoms with E-state index in [1.165, 1.54) is 11.8 Å². The van der Waals surface area contributed by atoms with Crippen molar-refractivity contribution in [1.82, 2.24) is 10.6 Å². The molecule has 0 aromatic heterocycles. The standard InChI is InChI=1S/C14H20N2O2S/c1-4-15-14(18)11(3)16-13(17)9-19-12-8-6-5-7-10(12)2/h5-8,11H,4,9H2,1-3H3,(H,15,18)(H,16,17)/t11-/m1/s1.